The molecule has 0 saturated heterocycles. The van der Waals surface area contributed by atoms with Crippen LogP contribution in [0.1, 0.15) is 22.2 Å². The molecule has 0 radical (unpaired) electrons. The standard InChI is InChI=1S/C16H12ClNO4S/c1-3-8-22-16(21)10(2)18-14(19)9-13(23-18)15(20)11-4-6-12(17)7-5-11/h1,4-7,9,21H,8H2,2H3/b16-10+. The molecule has 0 amide bonds. The Morgan fingerprint density at radius 3 is 2.70 bits per heavy atom. The second-order valence-electron chi connectivity index (χ2n) is 4.45. The van der Waals surface area contributed by atoms with Crippen molar-refractivity contribution in [3.8, 4) is 12.3 Å². The van der Waals surface area contributed by atoms with Gasteiger partial charge in [-0.2, -0.15) is 0 Å². The Morgan fingerprint density at radius 1 is 1.43 bits per heavy atom. The van der Waals surface area contributed by atoms with Crippen LogP contribution in [-0.4, -0.2) is 21.5 Å². The van der Waals surface area contributed by atoms with E-state index in [1.165, 1.54) is 13.0 Å². The van der Waals surface area contributed by atoms with Gasteiger partial charge in [0, 0.05) is 16.7 Å². The van der Waals surface area contributed by atoms with E-state index in [4.69, 9.17) is 22.8 Å². The van der Waals surface area contributed by atoms with E-state index in [0.717, 1.165) is 15.5 Å². The number of allylic oxidation sites excluding steroid dienone is 1. The molecule has 0 bridgehead atoms. The maximum atomic E-state index is 12.4. The number of ether oxygens (including phenoxy) is 1. The van der Waals surface area contributed by atoms with Gasteiger partial charge in [-0.05, 0) is 42.7 Å². The molecule has 0 atom stereocenters. The first-order chi connectivity index (χ1) is 10.9. The van der Waals surface area contributed by atoms with Crippen LogP contribution >= 0.6 is 23.1 Å². The third-order valence-electron chi connectivity index (χ3n) is 2.88. The van der Waals surface area contributed by atoms with Crippen molar-refractivity contribution in [2.75, 3.05) is 6.61 Å². The minimum absolute atomic E-state index is 0.125. The molecule has 0 saturated carbocycles. The summed E-state index contributed by atoms with van der Waals surface area (Å²) < 4.78 is 6.04. The highest BCUT2D eigenvalue weighted by atomic mass is 35.5. The van der Waals surface area contributed by atoms with Gasteiger partial charge >= 0.3 is 0 Å². The van der Waals surface area contributed by atoms with Gasteiger partial charge in [-0.1, -0.05) is 17.5 Å². The summed E-state index contributed by atoms with van der Waals surface area (Å²) in [4.78, 5) is 24.6. The Hall–Kier alpha value is -2.49. The number of carbonyl (C=O) groups excluding carboxylic acids is 1. The SMILES string of the molecule is C#CCO/C(O)=C(\C)n1sc(C(=O)c2ccc(Cl)cc2)cc1=O. The molecule has 0 aliphatic carbocycles. The fraction of sp³-hybridized carbons (Fsp3) is 0.125. The molecule has 5 nitrogen and oxygen atoms in total. The van der Waals surface area contributed by atoms with Crippen molar-refractivity contribution < 1.29 is 14.6 Å². The number of nitrogens with zero attached hydrogens (tertiary/aromatic N) is 1. The number of hydrogen-bond acceptors (Lipinski definition) is 5. The number of halogens is 1. The third kappa shape index (κ3) is 3.83. The van der Waals surface area contributed by atoms with Crippen molar-refractivity contribution in [3.63, 3.8) is 0 Å². The summed E-state index contributed by atoms with van der Waals surface area (Å²) >= 11 is 6.69. The number of hydrogen-bond donors (Lipinski definition) is 1. The van der Waals surface area contributed by atoms with E-state index in [1.807, 2.05) is 0 Å². The topological polar surface area (TPSA) is 68.5 Å². The minimum atomic E-state index is -0.461. The largest absolute Gasteiger partial charge is 0.480 e. The van der Waals surface area contributed by atoms with Gasteiger partial charge in [0.15, 0.2) is 6.61 Å². The average Bonchev–Trinajstić information content (AvgIpc) is 2.93. The Bertz CT molecular complexity index is 855. The number of aromatic nitrogens is 1. The van der Waals surface area contributed by atoms with Crippen molar-refractivity contribution in [1.29, 1.82) is 0 Å². The molecule has 2 aromatic rings. The van der Waals surface area contributed by atoms with Crippen LogP contribution in [0.4, 0.5) is 0 Å². The maximum absolute atomic E-state index is 12.4. The van der Waals surface area contributed by atoms with E-state index < -0.39 is 11.5 Å². The van der Waals surface area contributed by atoms with E-state index in [1.54, 1.807) is 24.3 Å². The lowest BCUT2D eigenvalue weighted by molar-refractivity contribution is 0.104. The number of carbonyl (C=O) groups is 1. The van der Waals surface area contributed by atoms with Gasteiger partial charge in [-0.25, -0.2) is 3.96 Å². The Morgan fingerprint density at radius 2 is 2.09 bits per heavy atom. The molecule has 0 aliphatic rings. The maximum Gasteiger partial charge on any atom is 0.299 e. The molecule has 0 aliphatic heterocycles. The van der Waals surface area contributed by atoms with E-state index in [2.05, 4.69) is 5.92 Å². The second-order valence-corrected chi connectivity index (χ2v) is 5.88. The molecular weight excluding hydrogens is 338 g/mol. The molecule has 7 heteroatoms. The third-order valence-corrected chi connectivity index (χ3v) is 4.27. The molecule has 23 heavy (non-hydrogen) atoms. The Kier molecular flexibility index (Phi) is 5.27. The van der Waals surface area contributed by atoms with Gasteiger partial charge < -0.3 is 9.84 Å². The molecule has 1 heterocycles. The summed E-state index contributed by atoms with van der Waals surface area (Å²) in [5.74, 6) is 1.44. The molecule has 0 spiro atoms. The number of rotatable bonds is 5. The van der Waals surface area contributed by atoms with E-state index in [0.29, 0.717) is 10.6 Å². The summed E-state index contributed by atoms with van der Waals surface area (Å²) in [6.45, 7) is 1.36. The minimum Gasteiger partial charge on any atom is -0.480 e. The van der Waals surface area contributed by atoms with E-state index in [-0.39, 0.29) is 23.0 Å². The fourth-order valence-corrected chi connectivity index (χ4v) is 2.76. The lowest BCUT2D eigenvalue weighted by Crippen LogP contribution is -2.12. The van der Waals surface area contributed by atoms with Crippen LogP contribution in [0.25, 0.3) is 5.70 Å². The van der Waals surface area contributed by atoms with Crippen molar-refractivity contribution in [3.05, 3.63) is 62.1 Å². The number of aliphatic hydroxyl groups is 1. The summed E-state index contributed by atoms with van der Waals surface area (Å²) in [6, 6.07) is 7.56. The molecule has 118 valence electrons. The van der Waals surface area contributed by atoms with Gasteiger partial charge in [0.1, 0.15) is 5.70 Å². The molecule has 1 N–H and O–H groups in total. The monoisotopic (exact) mass is 349 g/mol. The van der Waals surface area contributed by atoms with Crippen molar-refractivity contribution in [1.82, 2.24) is 3.96 Å². The van der Waals surface area contributed by atoms with Gasteiger partial charge in [-0.3, -0.25) is 9.59 Å². The van der Waals surface area contributed by atoms with E-state index in [9.17, 15) is 14.7 Å². The Balaban J connectivity index is 2.34. The van der Waals surface area contributed by atoms with Crippen LogP contribution in [0, 0.1) is 12.3 Å². The zero-order valence-corrected chi connectivity index (χ0v) is 13.6. The zero-order valence-electron chi connectivity index (χ0n) is 12.1. The van der Waals surface area contributed by atoms with Gasteiger partial charge in [-0.15, -0.1) is 6.42 Å². The van der Waals surface area contributed by atoms with Crippen molar-refractivity contribution in [2.24, 2.45) is 0 Å². The summed E-state index contributed by atoms with van der Waals surface area (Å²) in [5, 5.41) is 10.2. The lowest BCUT2D eigenvalue weighted by Gasteiger charge is -2.05. The normalized spacial score (nSPS) is 11.5. The van der Waals surface area contributed by atoms with Crippen LogP contribution in [-0.2, 0) is 4.74 Å². The van der Waals surface area contributed by atoms with Gasteiger partial charge in [0.05, 0.1) is 4.88 Å². The number of benzene rings is 1. The quantitative estimate of drug-likeness (QED) is 0.511. The van der Waals surface area contributed by atoms with Crippen molar-refractivity contribution >= 4 is 34.6 Å². The number of ketones is 1. The fourth-order valence-electron chi connectivity index (χ4n) is 1.73. The van der Waals surface area contributed by atoms with Crippen molar-refractivity contribution in [2.45, 2.75) is 6.92 Å². The predicted octanol–water partition coefficient (Wildman–Crippen LogP) is 3.15. The smallest absolute Gasteiger partial charge is 0.299 e. The van der Waals surface area contributed by atoms with Crippen LogP contribution in [0.2, 0.25) is 5.02 Å². The first-order valence-corrected chi connectivity index (χ1v) is 7.59. The van der Waals surface area contributed by atoms with Gasteiger partial charge in [0.25, 0.3) is 11.5 Å². The molecule has 0 unspecified atom stereocenters. The van der Waals surface area contributed by atoms with E-state index >= 15 is 0 Å². The summed E-state index contributed by atoms with van der Waals surface area (Å²) in [5.41, 5.74) is 0.128. The highest BCUT2D eigenvalue weighted by Gasteiger charge is 2.17. The van der Waals surface area contributed by atoms with Crippen LogP contribution in [0.15, 0.2) is 41.1 Å². The first kappa shape index (κ1) is 16.9. The number of terminal acetylenes is 1. The van der Waals surface area contributed by atoms with Crippen LogP contribution in [0.5, 0.6) is 0 Å². The molecule has 2 rings (SSSR count). The molecule has 0 fully saturated rings. The summed E-state index contributed by atoms with van der Waals surface area (Å²) in [6.07, 6.45) is 5.04. The van der Waals surface area contributed by atoms with Crippen LogP contribution < -0.4 is 5.56 Å². The molecule has 1 aromatic carbocycles. The zero-order chi connectivity index (χ0) is 17.0. The highest BCUT2D eigenvalue weighted by molar-refractivity contribution is 7.09. The Labute approximate surface area is 141 Å². The van der Waals surface area contributed by atoms with Crippen LogP contribution in [0.3, 0.4) is 0 Å². The predicted molar refractivity (Wildman–Crippen MR) is 89.8 cm³/mol. The highest BCUT2D eigenvalue weighted by Crippen LogP contribution is 2.19. The van der Waals surface area contributed by atoms with Gasteiger partial charge in [0.2, 0.25) is 5.78 Å². The first-order valence-electron chi connectivity index (χ1n) is 6.44. The molecular formula is C16H12ClNO4S. The summed E-state index contributed by atoms with van der Waals surface area (Å²) in [7, 11) is 0. The lowest BCUT2D eigenvalue weighted by atomic mass is 10.1. The number of aliphatic hydroxyl groups excluding tert-OH is 1. The second kappa shape index (κ2) is 7.18. The molecule has 1 aromatic heterocycles. The average molecular weight is 350 g/mol.